The third-order valence-corrected chi connectivity index (χ3v) is 5.64. The lowest BCUT2D eigenvalue weighted by atomic mass is 10.1. The molecule has 1 aliphatic rings. The van der Waals surface area contributed by atoms with E-state index in [4.69, 9.17) is 0 Å². The molecule has 1 N–H and O–H groups in total. The van der Waals surface area contributed by atoms with Crippen molar-refractivity contribution in [2.75, 3.05) is 6.54 Å². The Hall–Kier alpha value is -3.15. The number of benzene rings is 2. The van der Waals surface area contributed by atoms with Gasteiger partial charge in [0.05, 0.1) is 23.5 Å². The quantitative estimate of drug-likeness (QED) is 0.728. The van der Waals surface area contributed by atoms with Gasteiger partial charge in [0.1, 0.15) is 11.9 Å². The Bertz CT molecular complexity index is 1030. The Kier molecular flexibility index (Phi) is 5.34. The number of hydrogen-bond donors (Lipinski definition) is 1. The van der Waals surface area contributed by atoms with E-state index in [0.29, 0.717) is 19.4 Å². The number of aromatic nitrogens is 2. The van der Waals surface area contributed by atoms with Crippen LogP contribution in [0.2, 0.25) is 0 Å². The van der Waals surface area contributed by atoms with E-state index in [0.717, 1.165) is 28.8 Å². The number of carbonyl (C=O) groups excluding carboxylic acids is 2. The minimum Gasteiger partial charge on any atom is -0.345 e. The molecule has 1 fully saturated rings. The van der Waals surface area contributed by atoms with Gasteiger partial charge < -0.3 is 14.8 Å². The number of hydrogen-bond acceptors (Lipinski definition) is 3. The van der Waals surface area contributed by atoms with Gasteiger partial charge in [0.15, 0.2) is 0 Å². The van der Waals surface area contributed by atoms with Gasteiger partial charge in [0.2, 0.25) is 11.8 Å². The number of fused-ring (bicyclic) bond motifs is 1. The lowest BCUT2D eigenvalue weighted by Crippen LogP contribution is -2.47. The first kappa shape index (κ1) is 19.2. The van der Waals surface area contributed by atoms with Crippen molar-refractivity contribution in [3.05, 3.63) is 66.0 Å². The van der Waals surface area contributed by atoms with Gasteiger partial charge in [0.25, 0.3) is 0 Å². The highest BCUT2D eigenvalue weighted by atomic mass is 16.2. The Labute approximate surface area is 170 Å². The minimum atomic E-state index is -0.414. The normalized spacial score (nSPS) is 17.4. The zero-order valence-electron chi connectivity index (χ0n) is 16.8. The summed E-state index contributed by atoms with van der Waals surface area (Å²) in [5.74, 6) is 0.701. The van der Waals surface area contributed by atoms with Crippen LogP contribution in [0.1, 0.15) is 37.2 Å². The third-order valence-electron chi connectivity index (χ3n) is 5.64. The van der Waals surface area contributed by atoms with Crippen LogP contribution in [0.25, 0.3) is 11.0 Å². The Morgan fingerprint density at radius 1 is 1.14 bits per heavy atom. The van der Waals surface area contributed by atoms with Crippen LogP contribution >= 0.6 is 0 Å². The number of aryl methyl sites for hydroxylation is 1. The van der Waals surface area contributed by atoms with Crippen molar-refractivity contribution in [1.82, 2.24) is 19.8 Å². The second-order valence-corrected chi connectivity index (χ2v) is 7.66. The maximum Gasteiger partial charge on any atom is 0.243 e. The number of carbonyl (C=O) groups is 2. The molecule has 0 radical (unpaired) electrons. The van der Waals surface area contributed by atoms with Crippen LogP contribution in [-0.4, -0.2) is 38.9 Å². The van der Waals surface area contributed by atoms with Crippen LogP contribution in [0.5, 0.6) is 0 Å². The number of para-hydroxylation sites is 2. The molecule has 2 amide bonds. The molecule has 6 heteroatoms. The summed E-state index contributed by atoms with van der Waals surface area (Å²) in [6.45, 7) is 2.56. The SMILES string of the molecule is CC(NC(=O)C1CCCN1C(=O)Cc1ccccc1)c1nc2ccccc2n1C. The second-order valence-electron chi connectivity index (χ2n) is 7.66. The molecule has 6 nitrogen and oxygen atoms in total. The van der Waals surface area contributed by atoms with E-state index in [1.807, 2.05) is 73.1 Å². The van der Waals surface area contributed by atoms with Gasteiger partial charge in [-0.25, -0.2) is 4.98 Å². The average molecular weight is 390 g/mol. The monoisotopic (exact) mass is 390 g/mol. The summed E-state index contributed by atoms with van der Waals surface area (Å²) in [4.78, 5) is 32.2. The summed E-state index contributed by atoms with van der Waals surface area (Å²) in [6, 6.07) is 16.9. The number of amides is 2. The number of nitrogens with zero attached hydrogens (tertiary/aromatic N) is 3. The first-order valence-electron chi connectivity index (χ1n) is 10.1. The van der Waals surface area contributed by atoms with Crippen molar-refractivity contribution in [2.24, 2.45) is 7.05 Å². The molecule has 1 aromatic heterocycles. The summed E-state index contributed by atoms with van der Waals surface area (Å²) < 4.78 is 2.01. The van der Waals surface area contributed by atoms with Gasteiger partial charge in [-0.2, -0.15) is 0 Å². The molecule has 2 unspecified atom stereocenters. The van der Waals surface area contributed by atoms with Crippen molar-refractivity contribution in [2.45, 2.75) is 38.3 Å². The number of imidazole rings is 1. The van der Waals surface area contributed by atoms with Gasteiger partial charge in [-0.15, -0.1) is 0 Å². The van der Waals surface area contributed by atoms with Crippen molar-refractivity contribution in [1.29, 1.82) is 0 Å². The number of nitrogens with one attached hydrogen (secondary N) is 1. The predicted octanol–water partition coefficient (Wildman–Crippen LogP) is 2.98. The van der Waals surface area contributed by atoms with E-state index < -0.39 is 6.04 Å². The molecule has 2 aromatic carbocycles. The van der Waals surface area contributed by atoms with E-state index in [2.05, 4.69) is 10.3 Å². The zero-order chi connectivity index (χ0) is 20.4. The van der Waals surface area contributed by atoms with E-state index in [-0.39, 0.29) is 17.9 Å². The smallest absolute Gasteiger partial charge is 0.243 e. The largest absolute Gasteiger partial charge is 0.345 e. The van der Waals surface area contributed by atoms with E-state index in [1.54, 1.807) is 4.90 Å². The molecule has 1 aliphatic heterocycles. The Balaban J connectivity index is 1.45. The molecular formula is C23H26N4O2. The van der Waals surface area contributed by atoms with Crippen LogP contribution in [0.4, 0.5) is 0 Å². The summed E-state index contributed by atoms with van der Waals surface area (Å²) >= 11 is 0. The number of likely N-dealkylation sites (tertiary alicyclic amines) is 1. The Morgan fingerprint density at radius 3 is 2.62 bits per heavy atom. The molecule has 3 aromatic rings. The minimum absolute atomic E-state index is 0.00392. The standard InChI is InChI=1S/C23H26N4O2/c1-16(22-25-18-11-6-7-12-19(18)26(22)2)24-23(29)20-13-8-14-27(20)21(28)15-17-9-4-3-5-10-17/h3-7,9-12,16,20H,8,13-15H2,1-2H3,(H,24,29). The molecule has 1 saturated heterocycles. The van der Waals surface area contributed by atoms with Gasteiger partial charge in [-0.05, 0) is 37.5 Å². The fourth-order valence-electron chi connectivity index (χ4n) is 4.14. The lowest BCUT2D eigenvalue weighted by molar-refractivity contribution is -0.138. The lowest BCUT2D eigenvalue weighted by Gasteiger charge is -2.25. The average Bonchev–Trinajstić information content (AvgIpc) is 3.34. The van der Waals surface area contributed by atoms with Gasteiger partial charge in [-0.3, -0.25) is 9.59 Å². The van der Waals surface area contributed by atoms with Crippen molar-refractivity contribution < 1.29 is 9.59 Å². The first-order chi connectivity index (χ1) is 14.0. The summed E-state index contributed by atoms with van der Waals surface area (Å²) in [7, 11) is 1.96. The fourth-order valence-corrected chi connectivity index (χ4v) is 4.14. The molecule has 150 valence electrons. The first-order valence-corrected chi connectivity index (χ1v) is 10.1. The number of rotatable bonds is 5. The zero-order valence-corrected chi connectivity index (χ0v) is 16.8. The molecule has 0 aliphatic carbocycles. The van der Waals surface area contributed by atoms with Crippen LogP contribution < -0.4 is 5.32 Å². The summed E-state index contributed by atoms with van der Waals surface area (Å²) in [6.07, 6.45) is 1.87. The highest BCUT2D eigenvalue weighted by Gasteiger charge is 2.34. The molecule has 0 spiro atoms. The van der Waals surface area contributed by atoms with Crippen molar-refractivity contribution in [3.8, 4) is 0 Å². The van der Waals surface area contributed by atoms with Crippen LogP contribution in [0.3, 0.4) is 0 Å². The molecule has 0 bridgehead atoms. The highest BCUT2D eigenvalue weighted by molar-refractivity contribution is 5.89. The molecule has 2 heterocycles. The highest BCUT2D eigenvalue weighted by Crippen LogP contribution is 2.22. The van der Waals surface area contributed by atoms with E-state index in [1.165, 1.54) is 0 Å². The Morgan fingerprint density at radius 2 is 1.86 bits per heavy atom. The molecule has 2 atom stereocenters. The van der Waals surface area contributed by atoms with Gasteiger partial charge in [-0.1, -0.05) is 42.5 Å². The van der Waals surface area contributed by atoms with Crippen molar-refractivity contribution in [3.63, 3.8) is 0 Å². The predicted molar refractivity (Wildman–Crippen MR) is 112 cm³/mol. The van der Waals surface area contributed by atoms with E-state index >= 15 is 0 Å². The topological polar surface area (TPSA) is 67.2 Å². The summed E-state index contributed by atoms with van der Waals surface area (Å²) in [5, 5.41) is 3.07. The second kappa shape index (κ2) is 8.07. The molecular weight excluding hydrogens is 364 g/mol. The molecule has 0 saturated carbocycles. The molecule has 4 rings (SSSR count). The van der Waals surface area contributed by atoms with Crippen LogP contribution in [-0.2, 0) is 23.1 Å². The van der Waals surface area contributed by atoms with Crippen molar-refractivity contribution >= 4 is 22.8 Å². The maximum atomic E-state index is 13.0. The maximum absolute atomic E-state index is 13.0. The van der Waals surface area contributed by atoms with Crippen LogP contribution in [0.15, 0.2) is 54.6 Å². The third kappa shape index (κ3) is 3.88. The summed E-state index contributed by atoms with van der Waals surface area (Å²) in [5.41, 5.74) is 2.91. The fraction of sp³-hybridized carbons (Fsp3) is 0.348. The van der Waals surface area contributed by atoms with Gasteiger partial charge in [0, 0.05) is 13.6 Å². The van der Waals surface area contributed by atoms with E-state index in [9.17, 15) is 9.59 Å². The van der Waals surface area contributed by atoms with Crippen LogP contribution in [0, 0.1) is 0 Å². The van der Waals surface area contributed by atoms with Gasteiger partial charge >= 0.3 is 0 Å². The molecule has 29 heavy (non-hydrogen) atoms.